The van der Waals surface area contributed by atoms with Crippen LogP contribution >= 0.6 is 0 Å². The zero-order valence-corrected chi connectivity index (χ0v) is 14.2. The third-order valence-electron chi connectivity index (χ3n) is 1.70. The van der Waals surface area contributed by atoms with Gasteiger partial charge in [0.2, 0.25) is 0 Å². The number of hydrogen-bond acceptors (Lipinski definition) is 7. The molecule has 1 rings (SSSR count). The molecule has 0 radical (unpaired) electrons. The van der Waals surface area contributed by atoms with Gasteiger partial charge in [0, 0.05) is 0 Å². The van der Waals surface area contributed by atoms with Gasteiger partial charge in [-0.05, 0) is 12.5 Å². The van der Waals surface area contributed by atoms with Gasteiger partial charge in [-0.2, -0.15) is 0 Å². The smallest absolute Gasteiger partial charge is 0.545 e. The standard InChI is InChI=1S/C7H6O2.C3H8O3.C3H8O2.Na/c8-7(9)6-4-2-1-3-5-6;4-1-3(6)2-5;1-3(5)2-4;/h1-5H,(H,8,9);3-6H,1-2H2;3-5H,2H2,1H3;/q;;;+1/p-1. The number of aromatic carboxylic acids is 1. The van der Waals surface area contributed by atoms with Gasteiger partial charge in [-0.1, -0.05) is 30.3 Å². The fraction of sp³-hybridized carbons (Fsp3) is 0.462. The molecule has 21 heavy (non-hydrogen) atoms. The molecular formula is C13H21NaO7. The molecule has 0 saturated heterocycles. The van der Waals surface area contributed by atoms with Crippen molar-refractivity contribution in [3.63, 3.8) is 0 Å². The maximum atomic E-state index is 10.1. The molecule has 0 aliphatic carbocycles. The van der Waals surface area contributed by atoms with Crippen LogP contribution in [-0.4, -0.2) is 63.5 Å². The minimum Gasteiger partial charge on any atom is -0.545 e. The van der Waals surface area contributed by atoms with Gasteiger partial charge < -0.3 is 35.4 Å². The number of hydrogen-bond donors (Lipinski definition) is 5. The van der Waals surface area contributed by atoms with Crippen molar-refractivity contribution in [1.29, 1.82) is 0 Å². The summed E-state index contributed by atoms with van der Waals surface area (Å²) in [5.41, 5.74) is 0.220. The Morgan fingerprint density at radius 1 is 1.05 bits per heavy atom. The predicted octanol–water partition coefficient (Wildman–Crippen LogP) is -5.25. The van der Waals surface area contributed by atoms with Crippen molar-refractivity contribution >= 4 is 5.97 Å². The zero-order valence-electron chi connectivity index (χ0n) is 12.2. The molecule has 0 spiro atoms. The van der Waals surface area contributed by atoms with Crippen molar-refractivity contribution in [3.05, 3.63) is 35.9 Å². The second-order valence-corrected chi connectivity index (χ2v) is 3.70. The molecule has 1 aromatic rings. The van der Waals surface area contributed by atoms with E-state index in [0.717, 1.165) is 0 Å². The Balaban J connectivity index is -0.000000240. The molecule has 1 aromatic carbocycles. The summed E-state index contributed by atoms with van der Waals surface area (Å²) < 4.78 is 0. The monoisotopic (exact) mass is 312 g/mol. The Hall–Kier alpha value is -0.510. The van der Waals surface area contributed by atoms with Crippen molar-refractivity contribution in [1.82, 2.24) is 0 Å². The van der Waals surface area contributed by atoms with Crippen molar-refractivity contribution in [2.24, 2.45) is 0 Å². The van der Waals surface area contributed by atoms with Crippen LogP contribution in [0.5, 0.6) is 0 Å². The number of carbonyl (C=O) groups excluding carboxylic acids is 1. The topological polar surface area (TPSA) is 141 Å². The molecule has 5 N–H and O–H groups in total. The van der Waals surface area contributed by atoms with E-state index < -0.39 is 18.2 Å². The number of carboxylic acid groups (broad SMARTS) is 1. The molecule has 8 heteroatoms. The molecule has 1 atom stereocenters. The Labute approximate surface area is 145 Å². The van der Waals surface area contributed by atoms with E-state index in [0.29, 0.717) is 0 Å². The van der Waals surface area contributed by atoms with E-state index in [-0.39, 0.29) is 54.9 Å². The predicted molar refractivity (Wildman–Crippen MR) is 69.7 cm³/mol. The number of carboxylic acids is 1. The van der Waals surface area contributed by atoms with Crippen LogP contribution in [0.15, 0.2) is 30.3 Å². The zero-order chi connectivity index (χ0) is 16.0. The minimum atomic E-state index is -1.13. The Kier molecular flexibility index (Phi) is 21.3. The Morgan fingerprint density at radius 3 is 1.57 bits per heavy atom. The summed E-state index contributed by atoms with van der Waals surface area (Å²) in [5, 5.41) is 50.1. The molecule has 0 bridgehead atoms. The van der Waals surface area contributed by atoms with Crippen LogP contribution in [0.4, 0.5) is 0 Å². The quantitative estimate of drug-likeness (QED) is 0.350. The van der Waals surface area contributed by atoms with E-state index in [1.807, 2.05) is 0 Å². The van der Waals surface area contributed by atoms with Crippen LogP contribution in [0.25, 0.3) is 0 Å². The molecule has 0 heterocycles. The average Bonchev–Trinajstić information content (AvgIpc) is 2.48. The maximum absolute atomic E-state index is 10.1. The molecule has 0 aliphatic rings. The van der Waals surface area contributed by atoms with Crippen LogP contribution < -0.4 is 34.7 Å². The van der Waals surface area contributed by atoms with E-state index in [1.165, 1.54) is 19.1 Å². The van der Waals surface area contributed by atoms with E-state index >= 15 is 0 Å². The normalized spacial score (nSPS) is 10.2. The SMILES string of the molecule is CC(O)CO.O=C([O-])c1ccccc1.OCC(O)CO.[Na+]. The summed E-state index contributed by atoms with van der Waals surface area (Å²) in [6.45, 7) is 0.660. The molecule has 1 unspecified atom stereocenters. The van der Waals surface area contributed by atoms with Gasteiger partial charge >= 0.3 is 29.6 Å². The van der Waals surface area contributed by atoms with Crippen LogP contribution in [0.1, 0.15) is 17.3 Å². The van der Waals surface area contributed by atoms with Crippen molar-refractivity contribution in [3.8, 4) is 0 Å². The van der Waals surface area contributed by atoms with E-state index in [1.54, 1.807) is 18.2 Å². The number of benzene rings is 1. The molecule has 7 nitrogen and oxygen atoms in total. The van der Waals surface area contributed by atoms with Gasteiger partial charge in [0.25, 0.3) is 0 Å². The summed E-state index contributed by atoms with van der Waals surface area (Å²) in [5.74, 6) is -1.13. The fourth-order valence-corrected chi connectivity index (χ4v) is 0.632. The van der Waals surface area contributed by atoms with E-state index in [4.69, 9.17) is 25.5 Å². The van der Waals surface area contributed by atoms with Crippen LogP contribution in [-0.2, 0) is 0 Å². The summed E-state index contributed by atoms with van der Waals surface area (Å²) in [7, 11) is 0. The third-order valence-corrected chi connectivity index (χ3v) is 1.70. The fourth-order valence-electron chi connectivity index (χ4n) is 0.632. The minimum absolute atomic E-state index is 0. The average molecular weight is 312 g/mol. The summed E-state index contributed by atoms with van der Waals surface area (Å²) in [6.07, 6.45) is -1.51. The molecule has 0 aliphatic heterocycles. The van der Waals surface area contributed by atoms with Gasteiger partial charge in [-0.3, -0.25) is 0 Å². The van der Waals surface area contributed by atoms with E-state index in [2.05, 4.69) is 0 Å². The maximum Gasteiger partial charge on any atom is 1.00 e. The number of rotatable bonds is 4. The molecule has 0 saturated carbocycles. The van der Waals surface area contributed by atoms with Crippen molar-refractivity contribution in [2.45, 2.75) is 19.1 Å². The largest absolute Gasteiger partial charge is 1.00 e. The Bertz CT molecular complexity index is 329. The molecule has 116 valence electrons. The van der Waals surface area contributed by atoms with Crippen LogP contribution in [0.3, 0.4) is 0 Å². The van der Waals surface area contributed by atoms with Gasteiger partial charge in [0.05, 0.1) is 31.9 Å². The van der Waals surface area contributed by atoms with Gasteiger partial charge in [0.1, 0.15) is 6.10 Å². The summed E-state index contributed by atoms with van der Waals surface area (Å²) in [4.78, 5) is 10.1. The first-order chi connectivity index (χ1) is 9.38. The third kappa shape index (κ3) is 19.5. The Morgan fingerprint density at radius 2 is 1.43 bits per heavy atom. The molecular weight excluding hydrogens is 291 g/mol. The first kappa shape index (κ1) is 25.4. The first-order valence-electron chi connectivity index (χ1n) is 5.84. The molecule has 0 fully saturated rings. The second-order valence-electron chi connectivity index (χ2n) is 3.70. The first-order valence-corrected chi connectivity index (χ1v) is 5.84. The number of aliphatic hydroxyl groups is 5. The van der Waals surface area contributed by atoms with Gasteiger partial charge in [-0.15, -0.1) is 0 Å². The van der Waals surface area contributed by atoms with Crippen molar-refractivity contribution < 1.29 is 65.0 Å². The van der Waals surface area contributed by atoms with E-state index in [9.17, 15) is 9.90 Å². The van der Waals surface area contributed by atoms with Crippen LogP contribution in [0, 0.1) is 0 Å². The summed E-state index contributed by atoms with van der Waals surface area (Å²) in [6, 6.07) is 8.06. The van der Waals surface area contributed by atoms with Gasteiger partial charge in [-0.25, -0.2) is 0 Å². The van der Waals surface area contributed by atoms with Crippen LogP contribution in [0.2, 0.25) is 0 Å². The van der Waals surface area contributed by atoms with Gasteiger partial charge in [0.15, 0.2) is 0 Å². The molecule has 0 aromatic heterocycles. The van der Waals surface area contributed by atoms with Crippen molar-refractivity contribution in [2.75, 3.05) is 19.8 Å². The molecule has 0 amide bonds. The summed E-state index contributed by atoms with van der Waals surface area (Å²) >= 11 is 0. The second kappa shape index (κ2) is 17.5. The number of carbonyl (C=O) groups is 1. The number of aliphatic hydroxyl groups excluding tert-OH is 5.